The standard InChI is InChI=1S/C8H14Br4/c1-2-7(11)8(12)4-3-6(10)5-9/h6-8H,2-5H2,1H3. The maximum Gasteiger partial charge on any atom is 0.0271 e. The van der Waals surface area contributed by atoms with Gasteiger partial charge in [0.05, 0.1) is 0 Å². The average Bonchev–Trinajstić information content (AvgIpc) is 2.11. The maximum absolute atomic E-state index is 3.68. The fourth-order valence-corrected chi connectivity index (χ4v) is 2.34. The fourth-order valence-electron chi connectivity index (χ4n) is 0.854. The predicted molar refractivity (Wildman–Crippen MR) is 71.5 cm³/mol. The van der Waals surface area contributed by atoms with Gasteiger partial charge in [-0.25, -0.2) is 0 Å². The van der Waals surface area contributed by atoms with E-state index in [9.17, 15) is 0 Å². The summed E-state index contributed by atoms with van der Waals surface area (Å²) in [6.45, 7) is 2.20. The molecule has 0 fully saturated rings. The number of rotatable bonds is 6. The maximum atomic E-state index is 3.68. The third kappa shape index (κ3) is 6.39. The molecule has 0 heterocycles. The van der Waals surface area contributed by atoms with Gasteiger partial charge >= 0.3 is 0 Å². The molecule has 0 spiro atoms. The summed E-state index contributed by atoms with van der Waals surface area (Å²) in [6, 6.07) is 0. The quantitative estimate of drug-likeness (QED) is 0.529. The molecule has 0 bridgehead atoms. The van der Waals surface area contributed by atoms with Gasteiger partial charge in [0.25, 0.3) is 0 Å². The van der Waals surface area contributed by atoms with Crippen LogP contribution in [0.3, 0.4) is 0 Å². The van der Waals surface area contributed by atoms with E-state index < -0.39 is 0 Å². The van der Waals surface area contributed by atoms with E-state index in [1.807, 2.05) is 0 Å². The van der Waals surface area contributed by atoms with Crippen LogP contribution in [0.5, 0.6) is 0 Å². The Morgan fingerprint density at radius 3 is 2.00 bits per heavy atom. The summed E-state index contributed by atoms with van der Waals surface area (Å²) in [5.41, 5.74) is 0. The van der Waals surface area contributed by atoms with Crippen molar-refractivity contribution in [3.05, 3.63) is 0 Å². The van der Waals surface area contributed by atoms with E-state index in [1.54, 1.807) is 0 Å². The molecule has 0 amide bonds. The molecule has 0 aliphatic rings. The number of alkyl halides is 4. The Morgan fingerprint density at radius 2 is 1.58 bits per heavy atom. The molecule has 4 heteroatoms. The van der Waals surface area contributed by atoms with Crippen LogP contribution in [0, 0.1) is 0 Å². The molecule has 0 N–H and O–H groups in total. The van der Waals surface area contributed by atoms with Crippen LogP contribution in [0.2, 0.25) is 0 Å². The van der Waals surface area contributed by atoms with Crippen LogP contribution in [-0.2, 0) is 0 Å². The van der Waals surface area contributed by atoms with Crippen molar-refractivity contribution in [3.8, 4) is 0 Å². The van der Waals surface area contributed by atoms with Crippen molar-refractivity contribution in [2.75, 3.05) is 5.33 Å². The van der Waals surface area contributed by atoms with Crippen LogP contribution in [-0.4, -0.2) is 19.8 Å². The highest BCUT2D eigenvalue weighted by Crippen LogP contribution is 2.24. The second-order valence-electron chi connectivity index (χ2n) is 2.77. The number of halogens is 4. The smallest absolute Gasteiger partial charge is 0.0271 e. The van der Waals surface area contributed by atoms with Gasteiger partial charge in [-0.3, -0.25) is 0 Å². The molecule has 12 heavy (non-hydrogen) atoms. The first-order valence-electron chi connectivity index (χ1n) is 4.10. The zero-order chi connectivity index (χ0) is 9.56. The first-order valence-corrected chi connectivity index (χ1v) is 7.96. The Labute approximate surface area is 109 Å². The monoisotopic (exact) mass is 426 g/mol. The molecule has 74 valence electrons. The molecule has 0 aromatic carbocycles. The summed E-state index contributed by atoms with van der Waals surface area (Å²) >= 11 is 14.4. The van der Waals surface area contributed by atoms with Crippen molar-refractivity contribution in [2.24, 2.45) is 0 Å². The highest BCUT2D eigenvalue weighted by Gasteiger charge is 2.14. The third-order valence-corrected chi connectivity index (χ3v) is 7.23. The van der Waals surface area contributed by atoms with Gasteiger partial charge in [-0.1, -0.05) is 70.6 Å². The molecule has 0 radical (unpaired) electrons. The number of hydrogen-bond acceptors (Lipinski definition) is 0. The van der Waals surface area contributed by atoms with Crippen LogP contribution in [0.15, 0.2) is 0 Å². The van der Waals surface area contributed by atoms with Crippen molar-refractivity contribution in [2.45, 2.75) is 40.7 Å². The van der Waals surface area contributed by atoms with Gasteiger partial charge in [0, 0.05) is 19.8 Å². The van der Waals surface area contributed by atoms with Crippen LogP contribution in [0.1, 0.15) is 26.2 Å². The average molecular weight is 430 g/mol. The summed E-state index contributed by atoms with van der Waals surface area (Å²) < 4.78 is 0. The van der Waals surface area contributed by atoms with E-state index in [-0.39, 0.29) is 0 Å². The Balaban J connectivity index is 3.49. The highest BCUT2D eigenvalue weighted by atomic mass is 79.9. The molecule has 0 aromatic rings. The summed E-state index contributed by atoms with van der Waals surface area (Å²) in [4.78, 5) is 1.81. The second kappa shape index (κ2) is 8.25. The lowest BCUT2D eigenvalue weighted by molar-refractivity contribution is 0.677. The van der Waals surface area contributed by atoms with Gasteiger partial charge in [-0.05, 0) is 19.3 Å². The van der Waals surface area contributed by atoms with Crippen LogP contribution >= 0.6 is 63.7 Å². The van der Waals surface area contributed by atoms with Crippen molar-refractivity contribution in [1.29, 1.82) is 0 Å². The van der Waals surface area contributed by atoms with Gasteiger partial charge < -0.3 is 0 Å². The largest absolute Gasteiger partial charge is 0.0916 e. The Morgan fingerprint density at radius 1 is 1.00 bits per heavy atom. The van der Waals surface area contributed by atoms with Crippen LogP contribution in [0.25, 0.3) is 0 Å². The van der Waals surface area contributed by atoms with Crippen molar-refractivity contribution in [3.63, 3.8) is 0 Å². The van der Waals surface area contributed by atoms with E-state index in [0.29, 0.717) is 14.5 Å². The topological polar surface area (TPSA) is 0 Å². The summed E-state index contributed by atoms with van der Waals surface area (Å²) in [5, 5.41) is 1.03. The first-order chi connectivity index (χ1) is 5.61. The molecular weight excluding hydrogens is 416 g/mol. The minimum absolute atomic E-state index is 0.599. The minimum Gasteiger partial charge on any atom is -0.0916 e. The van der Waals surface area contributed by atoms with Gasteiger partial charge in [-0.15, -0.1) is 0 Å². The molecule has 0 rings (SSSR count). The lowest BCUT2D eigenvalue weighted by atomic mass is 10.1. The normalized spacial score (nSPS) is 18.8. The molecule has 0 saturated carbocycles. The van der Waals surface area contributed by atoms with Gasteiger partial charge in [-0.2, -0.15) is 0 Å². The lowest BCUT2D eigenvalue weighted by Gasteiger charge is -2.15. The van der Waals surface area contributed by atoms with E-state index >= 15 is 0 Å². The Hall–Kier alpha value is 1.92. The SMILES string of the molecule is CCC(Br)C(Br)CCC(Br)CBr. The van der Waals surface area contributed by atoms with Crippen molar-refractivity contribution >= 4 is 63.7 Å². The molecule has 0 aliphatic carbocycles. The zero-order valence-electron chi connectivity index (χ0n) is 7.07. The van der Waals surface area contributed by atoms with Gasteiger partial charge in [0.15, 0.2) is 0 Å². The molecule has 3 atom stereocenters. The van der Waals surface area contributed by atoms with Crippen molar-refractivity contribution in [1.82, 2.24) is 0 Å². The molecular formula is C8H14Br4. The van der Waals surface area contributed by atoms with E-state index in [1.165, 1.54) is 19.3 Å². The summed E-state index contributed by atoms with van der Waals surface area (Å²) in [6.07, 6.45) is 3.60. The molecule has 0 aliphatic heterocycles. The lowest BCUT2D eigenvalue weighted by Crippen LogP contribution is -2.14. The molecule has 3 unspecified atom stereocenters. The molecule has 0 saturated heterocycles. The van der Waals surface area contributed by atoms with E-state index in [0.717, 1.165) is 5.33 Å². The number of hydrogen-bond donors (Lipinski definition) is 0. The molecule has 0 aromatic heterocycles. The Kier molecular flexibility index (Phi) is 9.57. The van der Waals surface area contributed by atoms with Crippen LogP contribution < -0.4 is 0 Å². The van der Waals surface area contributed by atoms with E-state index in [2.05, 4.69) is 70.6 Å². The van der Waals surface area contributed by atoms with E-state index in [4.69, 9.17) is 0 Å². The summed E-state index contributed by atoms with van der Waals surface area (Å²) in [7, 11) is 0. The first kappa shape index (κ1) is 13.9. The highest BCUT2D eigenvalue weighted by molar-refractivity contribution is 9.12. The fraction of sp³-hybridized carbons (Fsp3) is 1.00. The van der Waals surface area contributed by atoms with Crippen LogP contribution in [0.4, 0.5) is 0 Å². The minimum atomic E-state index is 0.599. The van der Waals surface area contributed by atoms with Gasteiger partial charge in [0.1, 0.15) is 0 Å². The second-order valence-corrected chi connectivity index (χ2v) is 7.06. The third-order valence-electron chi connectivity index (χ3n) is 1.71. The van der Waals surface area contributed by atoms with Crippen molar-refractivity contribution < 1.29 is 0 Å². The predicted octanol–water partition coefficient (Wildman–Crippen LogP) is 4.86. The Bertz CT molecular complexity index is 107. The zero-order valence-corrected chi connectivity index (χ0v) is 13.4. The summed E-state index contributed by atoms with van der Waals surface area (Å²) in [5.74, 6) is 0. The molecule has 0 nitrogen and oxygen atoms in total. The van der Waals surface area contributed by atoms with Gasteiger partial charge in [0.2, 0.25) is 0 Å².